The maximum absolute atomic E-state index is 12.7. The Labute approximate surface area is 214 Å². The molecule has 2 amide bonds. The number of rotatable bonds is 11. The fourth-order valence-corrected chi connectivity index (χ4v) is 3.36. The first-order valence-electron chi connectivity index (χ1n) is 11.4. The van der Waals surface area contributed by atoms with Gasteiger partial charge in [0.05, 0.1) is 18.2 Å². The normalized spacial score (nSPS) is 10.3. The van der Waals surface area contributed by atoms with Crippen LogP contribution >= 0.6 is 11.6 Å². The number of ether oxygens (including phenoxy) is 3. The van der Waals surface area contributed by atoms with E-state index < -0.39 is 6.16 Å². The van der Waals surface area contributed by atoms with Gasteiger partial charge in [-0.3, -0.25) is 9.59 Å². The van der Waals surface area contributed by atoms with E-state index in [1.165, 1.54) is 12.1 Å². The molecule has 2 N–H and O–H groups in total. The Hall–Kier alpha value is -4.04. The van der Waals surface area contributed by atoms with Crippen molar-refractivity contribution in [2.75, 3.05) is 18.5 Å². The molecule has 0 spiro atoms. The van der Waals surface area contributed by atoms with Crippen molar-refractivity contribution in [2.24, 2.45) is 0 Å². The van der Waals surface area contributed by atoms with Crippen molar-refractivity contribution < 1.29 is 28.6 Å². The molecule has 0 aromatic heterocycles. The predicted molar refractivity (Wildman–Crippen MR) is 137 cm³/mol. The van der Waals surface area contributed by atoms with Crippen LogP contribution in [0.4, 0.5) is 10.5 Å². The number of carbonyl (C=O) groups excluding carboxylic acids is 3. The third-order valence-electron chi connectivity index (χ3n) is 4.96. The summed E-state index contributed by atoms with van der Waals surface area (Å²) in [6, 6.07) is 20.5. The highest BCUT2D eigenvalue weighted by Gasteiger charge is 2.12. The largest absolute Gasteiger partial charge is 0.513 e. The van der Waals surface area contributed by atoms with E-state index >= 15 is 0 Å². The van der Waals surface area contributed by atoms with Gasteiger partial charge in [0.25, 0.3) is 5.91 Å². The third-order valence-corrected chi connectivity index (χ3v) is 5.28. The summed E-state index contributed by atoms with van der Waals surface area (Å²) >= 11 is 6.05. The summed E-state index contributed by atoms with van der Waals surface area (Å²) in [5, 5.41) is 6.25. The molecule has 3 aromatic carbocycles. The lowest BCUT2D eigenvalue weighted by atomic mass is 10.1. The Bertz CT molecular complexity index is 1180. The molecule has 0 aliphatic rings. The first kappa shape index (κ1) is 26.6. The number of carbonyl (C=O) groups is 3. The number of amides is 2. The van der Waals surface area contributed by atoms with E-state index in [2.05, 4.69) is 10.6 Å². The highest BCUT2D eigenvalue weighted by molar-refractivity contribution is 6.32. The Kier molecular flexibility index (Phi) is 10.1. The number of hydrogen-bond acceptors (Lipinski definition) is 6. The summed E-state index contributed by atoms with van der Waals surface area (Å²) in [4.78, 5) is 36.4. The molecule has 3 aromatic rings. The maximum Gasteiger partial charge on any atom is 0.513 e. The van der Waals surface area contributed by atoms with Crippen LogP contribution in [0.3, 0.4) is 0 Å². The minimum Gasteiger partial charge on any atom is -0.492 e. The standard InChI is InChI=1S/C27H27ClN2O6/c1-2-34-27(33)36-21-15-13-19(14-16-21)26(32)30-23-10-5-3-8-20(23)18-29-25(31)12-7-17-35-24-11-6-4-9-22(24)28/h3-6,8-11,13-16H,2,7,12,17-18H2,1H3,(H,29,31)(H,30,32). The topological polar surface area (TPSA) is 103 Å². The molecule has 8 nitrogen and oxygen atoms in total. The van der Waals surface area contributed by atoms with Crippen LogP contribution in [0.25, 0.3) is 0 Å². The van der Waals surface area contributed by atoms with Crippen molar-refractivity contribution in [3.63, 3.8) is 0 Å². The molecule has 0 aliphatic carbocycles. The van der Waals surface area contributed by atoms with Crippen LogP contribution in [-0.4, -0.2) is 31.2 Å². The Morgan fingerprint density at radius 1 is 0.917 bits per heavy atom. The second-order valence-electron chi connectivity index (χ2n) is 7.58. The number of halogens is 1. The SMILES string of the molecule is CCOC(=O)Oc1ccc(C(=O)Nc2ccccc2CNC(=O)CCCOc2ccccc2Cl)cc1. The fraction of sp³-hybridized carbons (Fsp3) is 0.222. The molecular formula is C27H27ClN2O6. The van der Waals surface area contributed by atoms with Gasteiger partial charge < -0.3 is 24.8 Å². The maximum atomic E-state index is 12.7. The lowest BCUT2D eigenvalue weighted by molar-refractivity contribution is -0.121. The lowest BCUT2D eigenvalue weighted by Gasteiger charge is -2.13. The van der Waals surface area contributed by atoms with Crippen molar-refractivity contribution in [1.82, 2.24) is 5.32 Å². The molecule has 36 heavy (non-hydrogen) atoms. The van der Waals surface area contributed by atoms with Crippen LogP contribution in [0.15, 0.2) is 72.8 Å². The van der Waals surface area contributed by atoms with E-state index in [9.17, 15) is 14.4 Å². The zero-order valence-corrected chi connectivity index (χ0v) is 20.5. The molecule has 0 heterocycles. The molecule has 0 unspecified atom stereocenters. The number of hydrogen-bond donors (Lipinski definition) is 2. The van der Waals surface area contributed by atoms with Gasteiger partial charge in [-0.1, -0.05) is 41.9 Å². The molecule has 0 fully saturated rings. The molecule has 0 radical (unpaired) electrons. The second-order valence-corrected chi connectivity index (χ2v) is 7.99. The lowest BCUT2D eigenvalue weighted by Crippen LogP contribution is -2.24. The van der Waals surface area contributed by atoms with Crippen LogP contribution in [0.2, 0.25) is 5.02 Å². The fourth-order valence-electron chi connectivity index (χ4n) is 3.17. The molecular weight excluding hydrogens is 484 g/mol. The van der Waals surface area contributed by atoms with Crippen molar-refractivity contribution in [3.8, 4) is 11.5 Å². The van der Waals surface area contributed by atoms with E-state index in [1.807, 2.05) is 24.3 Å². The van der Waals surface area contributed by atoms with Crippen LogP contribution < -0.4 is 20.1 Å². The first-order chi connectivity index (χ1) is 17.5. The monoisotopic (exact) mass is 510 g/mol. The minimum atomic E-state index is -0.807. The second kappa shape index (κ2) is 13.7. The van der Waals surface area contributed by atoms with Crippen LogP contribution in [0.1, 0.15) is 35.7 Å². The van der Waals surface area contributed by atoms with Gasteiger partial charge in [-0.25, -0.2) is 4.79 Å². The molecule has 188 valence electrons. The van der Waals surface area contributed by atoms with E-state index in [4.69, 9.17) is 25.8 Å². The predicted octanol–water partition coefficient (Wildman–Crippen LogP) is 5.60. The van der Waals surface area contributed by atoms with Crippen molar-refractivity contribution >= 4 is 35.3 Å². The van der Waals surface area contributed by atoms with Gasteiger partial charge in [0.1, 0.15) is 11.5 Å². The third kappa shape index (κ3) is 8.32. The summed E-state index contributed by atoms with van der Waals surface area (Å²) in [5.74, 6) is 0.389. The van der Waals surface area contributed by atoms with Crippen LogP contribution in [-0.2, 0) is 16.1 Å². The summed E-state index contributed by atoms with van der Waals surface area (Å²) < 4.78 is 15.3. The summed E-state index contributed by atoms with van der Waals surface area (Å²) in [7, 11) is 0. The molecule has 0 aliphatic heterocycles. The van der Waals surface area contributed by atoms with Crippen molar-refractivity contribution in [2.45, 2.75) is 26.3 Å². The minimum absolute atomic E-state index is 0.129. The summed E-state index contributed by atoms with van der Waals surface area (Å²) in [5.41, 5.74) is 1.72. The smallest absolute Gasteiger partial charge is 0.492 e. The van der Waals surface area contributed by atoms with Crippen LogP contribution in [0, 0.1) is 0 Å². The van der Waals surface area contributed by atoms with Gasteiger partial charge in [0, 0.05) is 24.2 Å². The van der Waals surface area contributed by atoms with Gasteiger partial charge in [-0.05, 0) is 61.4 Å². The van der Waals surface area contributed by atoms with Gasteiger partial charge in [-0.15, -0.1) is 0 Å². The average molecular weight is 511 g/mol. The van der Waals surface area contributed by atoms with Gasteiger partial charge in [0.15, 0.2) is 0 Å². The number of anilines is 1. The summed E-state index contributed by atoms with van der Waals surface area (Å²) in [6.45, 7) is 2.51. The van der Waals surface area contributed by atoms with E-state index in [1.54, 1.807) is 43.3 Å². The van der Waals surface area contributed by atoms with E-state index in [0.29, 0.717) is 41.5 Å². The highest BCUT2D eigenvalue weighted by atomic mass is 35.5. The first-order valence-corrected chi connectivity index (χ1v) is 11.8. The molecule has 0 bridgehead atoms. The molecule has 0 saturated heterocycles. The Morgan fingerprint density at radius 3 is 2.39 bits per heavy atom. The van der Waals surface area contributed by atoms with Crippen molar-refractivity contribution in [3.05, 3.63) is 88.9 Å². The quantitative estimate of drug-likeness (QED) is 0.198. The molecule has 0 saturated carbocycles. The number of benzene rings is 3. The number of nitrogens with one attached hydrogen (secondary N) is 2. The zero-order valence-electron chi connectivity index (χ0n) is 19.8. The van der Waals surface area contributed by atoms with Crippen LogP contribution in [0.5, 0.6) is 11.5 Å². The van der Waals surface area contributed by atoms with Gasteiger partial charge in [0.2, 0.25) is 5.91 Å². The van der Waals surface area contributed by atoms with Crippen molar-refractivity contribution in [1.29, 1.82) is 0 Å². The van der Waals surface area contributed by atoms with Gasteiger partial charge >= 0.3 is 6.16 Å². The highest BCUT2D eigenvalue weighted by Crippen LogP contribution is 2.23. The Morgan fingerprint density at radius 2 is 1.64 bits per heavy atom. The van der Waals surface area contributed by atoms with Gasteiger partial charge in [-0.2, -0.15) is 0 Å². The molecule has 3 rings (SSSR count). The molecule has 0 atom stereocenters. The molecule has 9 heteroatoms. The Balaban J connectivity index is 1.47. The van der Waals surface area contributed by atoms with E-state index in [-0.39, 0.29) is 30.7 Å². The zero-order chi connectivity index (χ0) is 25.8. The number of para-hydroxylation sites is 2. The summed E-state index contributed by atoms with van der Waals surface area (Å²) in [6.07, 6.45) is 0.0172. The average Bonchev–Trinajstić information content (AvgIpc) is 2.87. The van der Waals surface area contributed by atoms with E-state index in [0.717, 1.165) is 5.56 Å².